The van der Waals surface area contributed by atoms with E-state index < -0.39 is 13.1 Å². The fraction of sp³-hybridized carbons (Fsp3) is 0.463. The summed E-state index contributed by atoms with van der Waals surface area (Å²) in [6.07, 6.45) is 9.52. The van der Waals surface area contributed by atoms with Gasteiger partial charge in [-0.15, -0.1) is 0 Å². The van der Waals surface area contributed by atoms with Crippen LogP contribution < -0.4 is 35.8 Å². The van der Waals surface area contributed by atoms with Gasteiger partial charge in [0.05, 0.1) is 57.2 Å². The summed E-state index contributed by atoms with van der Waals surface area (Å²) in [5.41, 5.74) is 8.47. The van der Waals surface area contributed by atoms with Crippen molar-refractivity contribution in [2.24, 2.45) is 13.0 Å². The molecule has 0 radical (unpaired) electrons. The van der Waals surface area contributed by atoms with Crippen LogP contribution in [0.15, 0.2) is 65.3 Å². The van der Waals surface area contributed by atoms with E-state index in [1.165, 1.54) is 11.3 Å². The van der Waals surface area contributed by atoms with Gasteiger partial charge in [0.25, 0.3) is 0 Å². The number of nitrogens with one attached hydrogen (secondary N) is 3. The van der Waals surface area contributed by atoms with Crippen molar-refractivity contribution in [3.8, 4) is 5.75 Å². The highest BCUT2D eigenvalue weighted by atomic mass is 79.9. The maximum Gasteiger partial charge on any atom is 0.235 e. The van der Waals surface area contributed by atoms with E-state index in [-0.39, 0.29) is 23.6 Å². The number of piperidine rings is 2. The minimum absolute atomic E-state index is 0.0614. The number of aromatic nitrogens is 5. The summed E-state index contributed by atoms with van der Waals surface area (Å²) in [7, 11) is 0.934. The Balaban J connectivity index is 0.703. The molecule has 1 atom stereocenters. The summed E-state index contributed by atoms with van der Waals surface area (Å²) in [5, 5.41) is 16.9. The minimum Gasteiger partial charge on any atom is -0.494 e. The molecule has 5 aliphatic rings. The Bertz CT molecular complexity index is 3170. The van der Waals surface area contributed by atoms with Gasteiger partial charge in [0.1, 0.15) is 18.7 Å². The number of carbonyl (C=O) groups is 3. The number of aryl methyl sites for hydroxylation is 3. The van der Waals surface area contributed by atoms with Gasteiger partial charge in [0.2, 0.25) is 23.7 Å². The molecule has 17 nitrogen and oxygen atoms in total. The van der Waals surface area contributed by atoms with Crippen LogP contribution in [-0.2, 0) is 38.8 Å². The minimum atomic E-state index is -2.65. The molecular weight excluding hydrogens is 1010 g/mol. The molecule has 0 spiro atoms. The molecule has 3 amide bonds. The molecule has 5 saturated heterocycles. The second-order valence-electron chi connectivity index (χ2n) is 20.3. The molecule has 0 saturated carbocycles. The van der Waals surface area contributed by atoms with E-state index in [0.717, 1.165) is 128 Å². The van der Waals surface area contributed by atoms with Crippen LogP contribution in [0.1, 0.15) is 75.2 Å². The number of piperazine rings is 1. The van der Waals surface area contributed by atoms with Crippen molar-refractivity contribution in [1.29, 1.82) is 0 Å². The number of benzene rings is 3. The summed E-state index contributed by atoms with van der Waals surface area (Å²) in [4.78, 5) is 62.2. The van der Waals surface area contributed by atoms with E-state index in [1.54, 1.807) is 13.3 Å². The number of anilines is 6. The van der Waals surface area contributed by atoms with Crippen molar-refractivity contribution in [3.63, 3.8) is 0 Å². The number of carbonyl (C=O) groups excluding carboxylic acids is 3. The monoisotopic (exact) mass is 1070 g/mol. The van der Waals surface area contributed by atoms with Gasteiger partial charge in [-0.05, 0) is 96.8 Å². The third-order valence-corrected chi connectivity index (χ3v) is 19.9. The van der Waals surface area contributed by atoms with E-state index in [2.05, 4.69) is 94.6 Å². The second-order valence-corrected chi connectivity index (χ2v) is 24.2. The van der Waals surface area contributed by atoms with E-state index in [4.69, 9.17) is 19.8 Å². The Hall–Kier alpha value is -6.10. The van der Waals surface area contributed by atoms with Gasteiger partial charge in [0.15, 0.2) is 0 Å². The van der Waals surface area contributed by atoms with Crippen molar-refractivity contribution in [1.82, 2.24) is 39.8 Å². The molecule has 3 aromatic heterocycles. The number of pyridine rings is 1. The van der Waals surface area contributed by atoms with E-state index >= 15 is 0 Å². The topological polar surface area (TPSA) is 183 Å². The molecule has 6 aromatic rings. The summed E-state index contributed by atoms with van der Waals surface area (Å²) in [6, 6.07) is 18.9. The summed E-state index contributed by atoms with van der Waals surface area (Å²) in [5.74, 6) is 0.846. The quantitative estimate of drug-likeness (QED) is 0.0751. The van der Waals surface area contributed by atoms with Gasteiger partial charge in [-0.25, -0.2) is 4.98 Å². The summed E-state index contributed by atoms with van der Waals surface area (Å²) in [6.45, 7) is 10.6. The molecule has 8 heterocycles. The number of para-hydroxylation sites is 1. The molecule has 382 valence electrons. The molecule has 73 heavy (non-hydrogen) atoms. The highest BCUT2D eigenvalue weighted by Crippen LogP contribution is 2.54. The summed E-state index contributed by atoms with van der Waals surface area (Å²) >= 11 is 3.68. The molecule has 11 rings (SSSR count). The highest BCUT2D eigenvalue weighted by molar-refractivity contribution is 9.10. The SMILES string of the molecule is CCc1ccc2c(P3(=O)CCCC3)c(Nc3nc(Nc4cc(CC)c(N5CCC(N6CCN(C(=O)C7CN(c8cccc9c(C%10CCC(=O)NC%10=O)nn(C)c89)C7)CC6)CC5)cc4OC)ncc3Br)ccc2n1. The van der Waals surface area contributed by atoms with Crippen LogP contribution in [0.5, 0.6) is 5.75 Å². The van der Waals surface area contributed by atoms with Crippen molar-refractivity contribution >= 4 is 102 Å². The van der Waals surface area contributed by atoms with Crippen LogP contribution >= 0.6 is 23.1 Å². The molecule has 5 aliphatic heterocycles. The van der Waals surface area contributed by atoms with Gasteiger partial charge < -0.3 is 34.6 Å². The van der Waals surface area contributed by atoms with E-state index in [9.17, 15) is 18.9 Å². The maximum atomic E-state index is 14.5. The number of imide groups is 1. The molecular formula is C54H64BrN12O5P. The Morgan fingerprint density at radius 2 is 1.64 bits per heavy atom. The molecule has 3 N–H and O–H groups in total. The van der Waals surface area contributed by atoms with Crippen LogP contribution in [0.4, 0.5) is 34.5 Å². The lowest BCUT2D eigenvalue weighted by molar-refractivity contribution is -0.138. The highest BCUT2D eigenvalue weighted by Gasteiger charge is 2.40. The Kier molecular flexibility index (Phi) is 13.7. The lowest BCUT2D eigenvalue weighted by Crippen LogP contribution is -2.59. The van der Waals surface area contributed by atoms with Crippen molar-refractivity contribution in [3.05, 3.63) is 82.2 Å². The fourth-order valence-corrected chi connectivity index (χ4v) is 15.6. The van der Waals surface area contributed by atoms with E-state index in [1.807, 2.05) is 42.1 Å². The first-order valence-corrected chi connectivity index (χ1v) is 28.9. The normalized spacial score (nSPS) is 19.9. The average molecular weight is 1070 g/mol. The van der Waals surface area contributed by atoms with Gasteiger partial charge in [-0.2, -0.15) is 10.1 Å². The average Bonchev–Trinajstić information content (AvgIpc) is 3.99. The summed E-state index contributed by atoms with van der Waals surface area (Å²) < 4.78 is 23.1. The Morgan fingerprint density at radius 3 is 2.37 bits per heavy atom. The lowest BCUT2D eigenvalue weighted by atomic mass is 9.92. The van der Waals surface area contributed by atoms with Crippen molar-refractivity contribution in [2.45, 2.75) is 77.2 Å². The second kappa shape index (κ2) is 20.3. The largest absolute Gasteiger partial charge is 0.494 e. The number of nitrogens with zero attached hydrogens (tertiary/aromatic N) is 9. The van der Waals surface area contributed by atoms with Crippen LogP contribution in [0, 0.1) is 5.92 Å². The number of hydrogen-bond acceptors (Lipinski definition) is 14. The smallest absolute Gasteiger partial charge is 0.235 e. The lowest BCUT2D eigenvalue weighted by Gasteiger charge is -2.46. The zero-order valence-corrected chi connectivity index (χ0v) is 44.6. The number of halogens is 1. The zero-order chi connectivity index (χ0) is 50.5. The predicted molar refractivity (Wildman–Crippen MR) is 291 cm³/mol. The Labute approximate surface area is 434 Å². The standard InChI is InChI=1S/C54H64BrN12O5P/c1-5-33-28-43(59-54-56-30-40(55)51(61-54)58-42-16-15-41-37(13-12-35(6-2)57-41)50(42)73(71)26-7-8-27-73)46(72-4)29-45(33)65-20-18-36(19-21-65)64-22-24-66(25-23-64)53(70)34-31-67(32-34)44-11-9-10-38-48(62-63(3)49(38)44)39-14-17-47(68)60-52(39)69/h9-13,15-16,28-30,34,36,39H,5-8,14,17-27,31-32H2,1-4H3,(H,60,68,69)(H2,56,58,59,61). The van der Waals surface area contributed by atoms with Crippen LogP contribution in [0.25, 0.3) is 21.8 Å². The Morgan fingerprint density at radius 1 is 0.863 bits per heavy atom. The number of amides is 3. The first kappa shape index (κ1) is 49.1. The van der Waals surface area contributed by atoms with Gasteiger partial charge >= 0.3 is 0 Å². The number of rotatable bonds is 13. The molecule has 5 fully saturated rings. The molecule has 1 unspecified atom stereocenters. The fourth-order valence-electron chi connectivity index (χ4n) is 11.9. The van der Waals surface area contributed by atoms with Crippen LogP contribution in [0.3, 0.4) is 0 Å². The number of methoxy groups -OCH3 is 1. The molecule has 3 aromatic carbocycles. The molecule has 19 heteroatoms. The van der Waals surface area contributed by atoms with Crippen LogP contribution in [0.2, 0.25) is 0 Å². The van der Waals surface area contributed by atoms with Crippen molar-refractivity contribution < 1.29 is 23.7 Å². The van der Waals surface area contributed by atoms with Crippen LogP contribution in [-0.4, -0.2) is 130 Å². The number of hydrogen-bond donors (Lipinski definition) is 3. The molecule has 0 bridgehead atoms. The third kappa shape index (κ3) is 9.43. The zero-order valence-electron chi connectivity index (χ0n) is 42.1. The maximum absolute atomic E-state index is 14.5. The first-order chi connectivity index (χ1) is 35.4. The van der Waals surface area contributed by atoms with Gasteiger partial charge in [-0.1, -0.05) is 32.0 Å². The number of fused-ring (bicyclic) bond motifs is 2. The first-order valence-electron chi connectivity index (χ1n) is 26.0. The third-order valence-electron chi connectivity index (χ3n) is 15.9. The van der Waals surface area contributed by atoms with Gasteiger partial charge in [-0.3, -0.25) is 34.3 Å². The molecule has 0 aliphatic carbocycles. The number of ether oxygens (including phenoxy) is 1. The van der Waals surface area contributed by atoms with Gasteiger partial charge in [0, 0.05) is 124 Å². The van der Waals surface area contributed by atoms with E-state index in [0.29, 0.717) is 72.0 Å². The van der Waals surface area contributed by atoms with Crippen molar-refractivity contribution in [2.75, 3.05) is 92.2 Å². The predicted octanol–water partition coefficient (Wildman–Crippen LogP) is 7.85.